The molecule has 0 unspecified atom stereocenters. The molecule has 2 heteroatoms. The van der Waals surface area contributed by atoms with Gasteiger partial charge in [0.05, 0.1) is 0 Å². The van der Waals surface area contributed by atoms with Crippen LogP contribution in [0.2, 0.25) is 6.32 Å². The van der Waals surface area contributed by atoms with Crippen LogP contribution in [-0.2, 0) is 0 Å². The Morgan fingerprint density at radius 2 is 2.80 bits per heavy atom. The molecule has 24 valence electrons. The maximum atomic E-state index is 3.78. The van der Waals surface area contributed by atoms with Gasteiger partial charge in [-0.2, -0.15) is 0 Å². The summed E-state index contributed by atoms with van der Waals surface area (Å²) in [5, 5.41) is 0. The summed E-state index contributed by atoms with van der Waals surface area (Å²) < 4.78 is 0. The molecule has 1 heterocycles. The molecule has 0 saturated heterocycles. The Hall–Kier alpha value is -0.395. The summed E-state index contributed by atoms with van der Waals surface area (Å²) in [6, 6.07) is 0. The van der Waals surface area contributed by atoms with Gasteiger partial charge in [0.1, 0.15) is 0 Å². The Kier molecular flexibility index (Phi) is 0.651. The number of hydrogen-bond acceptors (Lipinski definition) is 1. The molecule has 1 aliphatic heterocycles. The van der Waals surface area contributed by atoms with Gasteiger partial charge in [-0.15, -0.1) is 0 Å². The van der Waals surface area contributed by atoms with Crippen molar-refractivity contribution in [1.29, 1.82) is 0 Å². The molecular formula is C3H4BN. The van der Waals surface area contributed by atoms with Crippen molar-refractivity contribution in [2.24, 2.45) is 4.90 Å². The SMILES string of the molecule is B1=NC=CC1. The Balaban J connectivity index is 2.61. The van der Waals surface area contributed by atoms with Crippen molar-refractivity contribution >= 4 is 7.07 Å². The molecular weight excluding hydrogens is 60.9 g/mol. The number of hydrogen-bond donors (Lipinski definition) is 0. The fourth-order valence-corrected chi connectivity index (χ4v) is 0.304. The molecule has 0 spiro atoms. The van der Waals surface area contributed by atoms with E-state index >= 15 is 0 Å². The van der Waals surface area contributed by atoms with Gasteiger partial charge < -0.3 is 0 Å². The van der Waals surface area contributed by atoms with Crippen molar-refractivity contribution in [2.45, 2.75) is 6.32 Å². The first-order valence-corrected chi connectivity index (χ1v) is 1.67. The van der Waals surface area contributed by atoms with E-state index in [1.807, 2.05) is 13.1 Å². The molecule has 1 aliphatic rings. The van der Waals surface area contributed by atoms with E-state index in [2.05, 4.69) is 4.90 Å². The Labute approximate surface area is 31.7 Å². The summed E-state index contributed by atoms with van der Waals surface area (Å²) in [7, 11) is 1.88. The predicted molar refractivity (Wildman–Crippen MR) is 22.1 cm³/mol. The van der Waals surface area contributed by atoms with Crippen molar-refractivity contribution in [2.75, 3.05) is 0 Å². The van der Waals surface area contributed by atoms with Gasteiger partial charge in [-0.1, -0.05) is 0 Å². The van der Waals surface area contributed by atoms with E-state index in [1.165, 1.54) is 0 Å². The van der Waals surface area contributed by atoms with Crippen molar-refractivity contribution in [3.63, 3.8) is 0 Å². The molecule has 5 heavy (non-hydrogen) atoms. The van der Waals surface area contributed by atoms with Crippen LogP contribution in [0.15, 0.2) is 17.2 Å². The molecule has 0 aromatic rings. The van der Waals surface area contributed by atoms with Gasteiger partial charge in [-0.3, -0.25) is 0 Å². The number of nitrogens with zero attached hydrogens (tertiary/aromatic N) is 1. The first kappa shape index (κ1) is 2.82. The van der Waals surface area contributed by atoms with Crippen LogP contribution in [0.5, 0.6) is 0 Å². The van der Waals surface area contributed by atoms with E-state index in [1.54, 1.807) is 6.20 Å². The summed E-state index contributed by atoms with van der Waals surface area (Å²) in [5.41, 5.74) is 0. The van der Waals surface area contributed by atoms with Gasteiger partial charge in [-0.05, 0) is 0 Å². The molecule has 0 aliphatic carbocycles. The molecule has 0 radical (unpaired) electrons. The van der Waals surface area contributed by atoms with Crippen LogP contribution in [-0.4, -0.2) is 7.07 Å². The van der Waals surface area contributed by atoms with Gasteiger partial charge in [0.2, 0.25) is 0 Å². The number of allylic oxidation sites excluding steroid dienone is 1. The van der Waals surface area contributed by atoms with E-state index in [9.17, 15) is 0 Å². The summed E-state index contributed by atoms with van der Waals surface area (Å²) in [6.45, 7) is 0. The van der Waals surface area contributed by atoms with Crippen LogP contribution in [0.4, 0.5) is 0 Å². The summed E-state index contributed by atoms with van der Waals surface area (Å²) in [5.74, 6) is 0. The normalized spacial score (nSPS) is 16.0. The van der Waals surface area contributed by atoms with Gasteiger partial charge in [0, 0.05) is 0 Å². The zero-order chi connectivity index (χ0) is 3.54. The third kappa shape index (κ3) is 0.438. The summed E-state index contributed by atoms with van der Waals surface area (Å²) in [6.07, 6.45) is 4.85. The van der Waals surface area contributed by atoms with E-state index < -0.39 is 0 Å². The van der Waals surface area contributed by atoms with Crippen LogP contribution in [0, 0.1) is 0 Å². The van der Waals surface area contributed by atoms with E-state index in [4.69, 9.17) is 0 Å². The standard InChI is InChI=1S/C3H4BN/c1-2-4-5-3-1/h1,3H,2H2. The Morgan fingerprint density at radius 1 is 1.80 bits per heavy atom. The molecule has 1 nitrogen and oxygen atoms in total. The third-order valence-electron chi connectivity index (χ3n) is 0.538. The second-order valence-corrected chi connectivity index (χ2v) is 0.952. The van der Waals surface area contributed by atoms with Gasteiger partial charge >= 0.3 is 30.6 Å². The first-order chi connectivity index (χ1) is 2.50. The molecule has 0 atom stereocenters. The van der Waals surface area contributed by atoms with E-state index in [0.29, 0.717) is 0 Å². The summed E-state index contributed by atoms with van der Waals surface area (Å²) in [4.78, 5) is 3.78. The Morgan fingerprint density at radius 3 is 3.00 bits per heavy atom. The Bertz CT molecular complexity index is 65.0. The van der Waals surface area contributed by atoms with Gasteiger partial charge in [0.25, 0.3) is 0 Å². The third-order valence-corrected chi connectivity index (χ3v) is 0.538. The maximum absolute atomic E-state index is 3.78. The predicted octanol–water partition coefficient (Wildman–Crippen LogP) is 0.820. The zero-order valence-corrected chi connectivity index (χ0v) is 2.89. The molecule has 0 aromatic carbocycles. The zero-order valence-electron chi connectivity index (χ0n) is 2.89. The van der Waals surface area contributed by atoms with Crippen molar-refractivity contribution in [3.05, 3.63) is 12.3 Å². The van der Waals surface area contributed by atoms with Crippen LogP contribution >= 0.6 is 0 Å². The second-order valence-electron chi connectivity index (χ2n) is 0.952. The summed E-state index contributed by atoms with van der Waals surface area (Å²) >= 11 is 0. The minimum atomic E-state index is 1.03. The topological polar surface area (TPSA) is 12.4 Å². The molecule has 0 aromatic heterocycles. The fraction of sp³-hybridized carbons (Fsp3) is 0.333. The molecule has 1 rings (SSSR count). The molecule has 0 amide bonds. The minimum absolute atomic E-state index is 1.03. The average Bonchev–Trinajstić information content (AvgIpc) is 1.76. The van der Waals surface area contributed by atoms with E-state index in [-0.39, 0.29) is 0 Å². The second kappa shape index (κ2) is 1.15. The van der Waals surface area contributed by atoms with Gasteiger partial charge in [-0.25, -0.2) is 0 Å². The van der Waals surface area contributed by atoms with Crippen LogP contribution in [0.1, 0.15) is 0 Å². The quantitative estimate of drug-likeness (QED) is 0.370. The van der Waals surface area contributed by atoms with E-state index in [0.717, 1.165) is 6.32 Å². The monoisotopic (exact) mass is 65.0 g/mol. The molecule has 0 fully saturated rings. The number of rotatable bonds is 0. The van der Waals surface area contributed by atoms with Gasteiger partial charge in [0.15, 0.2) is 0 Å². The first-order valence-electron chi connectivity index (χ1n) is 1.67. The van der Waals surface area contributed by atoms with Crippen LogP contribution < -0.4 is 0 Å². The molecule has 0 saturated carbocycles. The average molecular weight is 64.9 g/mol. The fourth-order valence-electron chi connectivity index (χ4n) is 0.304. The van der Waals surface area contributed by atoms with Crippen LogP contribution in [0.25, 0.3) is 0 Å². The van der Waals surface area contributed by atoms with Crippen molar-refractivity contribution in [1.82, 2.24) is 0 Å². The molecule has 0 N–H and O–H groups in total. The van der Waals surface area contributed by atoms with Crippen molar-refractivity contribution in [3.8, 4) is 0 Å². The van der Waals surface area contributed by atoms with Crippen LogP contribution in [0.3, 0.4) is 0 Å². The molecule has 0 bridgehead atoms. The van der Waals surface area contributed by atoms with Crippen molar-refractivity contribution < 1.29 is 0 Å².